The molecule has 82 valence electrons. The van der Waals surface area contributed by atoms with E-state index in [0.29, 0.717) is 5.56 Å². The van der Waals surface area contributed by atoms with Gasteiger partial charge in [0, 0.05) is 19.8 Å². The summed E-state index contributed by atoms with van der Waals surface area (Å²) in [5.41, 5.74) is 0.470. The molecule has 0 N–H and O–H groups in total. The third kappa shape index (κ3) is 3.67. The van der Waals surface area contributed by atoms with Crippen molar-refractivity contribution in [3.63, 3.8) is 0 Å². The predicted molar refractivity (Wildman–Crippen MR) is 56.5 cm³/mol. The van der Waals surface area contributed by atoms with Crippen molar-refractivity contribution in [3.05, 3.63) is 35.6 Å². The van der Waals surface area contributed by atoms with Crippen LogP contribution in [0.5, 0.6) is 0 Å². The molecule has 0 bridgehead atoms. The van der Waals surface area contributed by atoms with Crippen molar-refractivity contribution in [2.75, 3.05) is 20.4 Å². The van der Waals surface area contributed by atoms with Crippen LogP contribution in [-0.2, 0) is 9.05 Å². The molecule has 0 atom stereocenters. The maximum Gasteiger partial charge on any atom is 0.178 e. The van der Waals surface area contributed by atoms with Gasteiger partial charge in [0.15, 0.2) is 14.2 Å². The molecule has 0 radical (unpaired) electrons. The highest BCUT2D eigenvalue weighted by molar-refractivity contribution is 7.48. The summed E-state index contributed by atoms with van der Waals surface area (Å²) in [6.07, 6.45) is 0.188. The molecule has 1 aromatic rings. The number of carbonyl (C=O) groups excluding carboxylic acids is 1. The Hall–Kier alpha value is -0.830. The molecule has 0 aliphatic heterocycles. The average Bonchev–Trinajstić information content (AvgIpc) is 2.26. The van der Waals surface area contributed by atoms with Crippen LogP contribution in [0.25, 0.3) is 0 Å². The monoisotopic (exact) mass is 230 g/mol. The highest BCUT2D eigenvalue weighted by Gasteiger charge is 2.14. The molecular weight excluding hydrogens is 218 g/mol. The molecule has 0 amide bonds. The number of Topliss-reactive ketones (excluding diaryl/α,β-unsaturated/α-hetero) is 1. The first-order chi connectivity index (χ1) is 7.17. The van der Waals surface area contributed by atoms with E-state index in [1.54, 1.807) is 0 Å². The third-order valence-corrected chi connectivity index (χ3v) is 3.21. The van der Waals surface area contributed by atoms with Gasteiger partial charge in [-0.15, -0.1) is 0 Å². The molecular formula is C10H12FO3P. The molecule has 0 spiro atoms. The standard InChI is InChI=1S/C10H12FO3P/c1-13-15(14-2)7-10(12)8-3-5-9(11)6-4-8/h3-6H,7H2,1-2H3. The van der Waals surface area contributed by atoms with E-state index >= 15 is 0 Å². The largest absolute Gasteiger partial charge is 0.337 e. The second-order valence-electron chi connectivity index (χ2n) is 2.79. The Labute approximate surface area is 89.1 Å². The number of hydrogen-bond donors (Lipinski definition) is 0. The average molecular weight is 230 g/mol. The molecule has 0 saturated carbocycles. The highest BCUT2D eigenvalue weighted by atomic mass is 31.2. The predicted octanol–water partition coefficient (Wildman–Crippen LogP) is 2.61. The lowest BCUT2D eigenvalue weighted by atomic mass is 10.1. The number of ketones is 1. The molecule has 1 rings (SSSR count). The van der Waals surface area contributed by atoms with Crippen molar-refractivity contribution in [2.24, 2.45) is 0 Å². The van der Waals surface area contributed by atoms with Crippen LogP contribution in [0.1, 0.15) is 10.4 Å². The minimum absolute atomic E-state index is 0.107. The quantitative estimate of drug-likeness (QED) is 0.576. The molecule has 5 heteroatoms. The fourth-order valence-corrected chi connectivity index (χ4v) is 1.87. The summed E-state index contributed by atoms with van der Waals surface area (Å²) in [7, 11) is 1.82. The number of carbonyl (C=O) groups is 1. The van der Waals surface area contributed by atoms with Crippen LogP contribution in [-0.4, -0.2) is 26.2 Å². The Morgan fingerprint density at radius 2 is 1.80 bits per heavy atom. The van der Waals surface area contributed by atoms with E-state index in [1.165, 1.54) is 38.5 Å². The lowest BCUT2D eigenvalue weighted by molar-refractivity contribution is 0.101. The highest BCUT2D eigenvalue weighted by Crippen LogP contribution is 2.36. The summed E-state index contributed by atoms with van der Waals surface area (Å²) in [5, 5.41) is 0. The first-order valence-electron chi connectivity index (χ1n) is 4.32. The van der Waals surface area contributed by atoms with Crippen molar-refractivity contribution in [1.29, 1.82) is 0 Å². The van der Waals surface area contributed by atoms with Gasteiger partial charge < -0.3 is 9.05 Å². The van der Waals surface area contributed by atoms with Gasteiger partial charge in [-0.2, -0.15) is 0 Å². The molecule has 0 fully saturated rings. The van der Waals surface area contributed by atoms with Crippen molar-refractivity contribution in [2.45, 2.75) is 0 Å². The van der Waals surface area contributed by atoms with Crippen molar-refractivity contribution < 1.29 is 18.2 Å². The van der Waals surface area contributed by atoms with Crippen LogP contribution in [0.2, 0.25) is 0 Å². The zero-order valence-corrected chi connectivity index (χ0v) is 9.46. The fourth-order valence-electron chi connectivity index (χ4n) is 1.05. The van der Waals surface area contributed by atoms with Gasteiger partial charge in [-0.25, -0.2) is 4.39 Å². The first kappa shape index (κ1) is 12.2. The first-order valence-corrected chi connectivity index (χ1v) is 5.68. The van der Waals surface area contributed by atoms with E-state index in [-0.39, 0.29) is 17.8 Å². The zero-order chi connectivity index (χ0) is 11.3. The minimum Gasteiger partial charge on any atom is -0.337 e. The van der Waals surface area contributed by atoms with E-state index < -0.39 is 8.38 Å². The molecule has 0 saturated heterocycles. The fraction of sp³-hybridized carbons (Fsp3) is 0.300. The molecule has 0 aliphatic carbocycles. The van der Waals surface area contributed by atoms with Gasteiger partial charge in [-0.1, -0.05) is 0 Å². The van der Waals surface area contributed by atoms with Crippen LogP contribution in [0.4, 0.5) is 4.39 Å². The lowest BCUT2D eigenvalue weighted by Crippen LogP contribution is -2.05. The normalized spacial score (nSPS) is 10.7. The summed E-state index contributed by atoms with van der Waals surface area (Å²) in [5.74, 6) is -0.461. The van der Waals surface area contributed by atoms with E-state index in [0.717, 1.165) is 0 Å². The Morgan fingerprint density at radius 3 is 2.27 bits per heavy atom. The SMILES string of the molecule is COP(CC(=O)c1ccc(F)cc1)OC. The van der Waals surface area contributed by atoms with Crippen molar-refractivity contribution in [3.8, 4) is 0 Å². The molecule has 0 aliphatic rings. The van der Waals surface area contributed by atoms with Gasteiger partial charge in [-0.05, 0) is 24.3 Å². The van der Waals surface area contributed by atoms with Crippen LogP contribution in [0.15, 0.2) is 24.3 Å². The Kier molecular flexibility index (Phi) is 4.82. The Morgan fingerprint density at radius 1 is 1.27 bits per heavy atom. The summed E-state index contributed by atoms with van der Waals surface area (Å²) in [6, 6.07) is 5.43. The summed E-state index contributed by atoms with van der Waals surface area (Å²) in [6.45, 7) is 0. The molecule has 0 unspecified atom stereocenters. The van der Waals surface area contributed by atoms with E-state index in [2.05, 4.69) is 0 Å². The maximum absolute atomic E-state index is 12.6. The van der Waals surface area contributed by atoms with E-state index in [4.69, 9.17) is 9.05 Å². The topological polar surface area (TPSA) is 35.5 Å². The van der Waals surface area contributed by atoms with Gasteiger partial charge in [0.25, 0.3) is 0 Å². The summed E-state index contributed by atoms with van der Waals surface area (Å²) < 4.78 is 22.5. The van der Waals surface area contributed by atoms with Crippen LogP contribution in [0, 0.1) is 5.82 Å². The van der Waals surface area contributed by atoms with Gasteiger partial charge in [0.2, 0.25) is 0 Å². The Balaban J connectivity index is 2.64. The molecule has 0 heterocycles. The smallest absolute Gasteiger partial charge is 0.178 e. The van der Waals surface area contributed by atoms with E-state index in [9.17, 15) is 9.18 Å². The molecule has 3 nitrogen and oxygen atoms in total. The maximum atomic E-state index is 12.6. The van der Waals surface area contributed by atoms with Gasteiger partial charge in [0.1, 0.15) is 5.82 Å². The van der Waals surface area contributed by atoms with Crippen LogP contribution in [0.3, 0.4) is 0 Å². The number of halogens is 1. The van der Waals surface area contributed by atoms with Gasteiger partial charge in [-0.3, -0.25) is 4.79 Å². The lowest BCUT2D eigenvalue weighted by Gasteiger charge is -2.10. The number of benzene rings is 1. The summed E-state index contributed by atoms with van der Waals surface area (Å²) in [4.78, 5) is 11.6. The molecule has 15 heavy (non-hydrogen) atoms. The molecule has 0 aromatic heterocycles. The molecule has 1 aromatic carbocycles. The van der Waals surface area contributed by atoms with Gasteiger partial charge >= 0.3 is 0 Å². The van der Waals surface area contributed by atoms with Crippen LogP contribution >= 0.6 is 8.38 Å². The third-order valence-electron chi connectivity index (χ3n) is 1.85. The zero-order valence-electron chi connectivity index (χ0n) is 8.57. The number of hydrogen-bond acceptors (Lipinski definition) is 3. The minimum atomic E-state index is -1.17. The van der Waals surface area contributed by atoms with Crippen LogP contribution < -0.4 is 0 Å². The second-order valence-corrected chi connectivity index (χ2v) is 4.50. The Bertz CT molecular complexity index is 322. The number of rotatable bonds is 5. The van der Waals surface area contributed by atoms with E-state index in [1.807, 2.05) is 0 Å². The van der Waals surface area contributed by atoms with Crippen molar-refractivity contribution in [1.82, 2.24) is 0 Å². The van der Waals surface area contributed by atoms with Gasteiger partial charge in [0.05, 0.1) is 6.16 Å². The summed E-state index contributed by atoms with van der Waals surface area (Å²) >= 11 is 0. The van der Waals surface area contributed by atoms with Crippen molar-refractivity contribution >= 4 is 14.2 Å². The second kappa shape index (κ2) is 5.91.